The van der Waals surface area contributed by atoms with Gasteiger partial charge in [-0.15, -0.1) is 11.3 Å². The first-order valence-electron chi connectivity index (χ1n) is 12.9. The zero-order valence-electron chi connectivity index (χ0n) is 22.0. The Morgan fingerprint density at radius 2 is 2.00 bits per heavy atom. The first kappa shape index (κ1) is 26.0. The Kier molecular flexibility index (Phi) is 7.00. The van der Waals surface area contributed by atoms with Crippen LogP contribution in [0.3, 0.4) is 0 Å². The minimum atomic E-state index is -0.665. The van der Waals surface area contributed by atoms with E-state index in [1.165, 1.54) is 12.4 Å². The summed E-state index contributed by atoms with van der Waals surface area (Å²) in [6, 6.07) is 8.03. The van der Waals surface area contributed by atoms with Gasteiger partial charge in [-0.1, -0.05) is 6.92 Å². The molecule has 1 saturated heterocycles. The molecule has 1 fully saturated rings. The molecular weight excluding hydrogens is 532 g/mol. The minimum Gasteiger partial charge on any atom is -0.378 e. The standard InChI is InChI=1S/C27H28N8O4S/c1-15-9-17-10-16(3-4-20(17)31-25(15)36)23-30-21-11-19(40-22(21)24(32-23)35-5-7-39-8-6-35)14-34(2)27-28-12-18(13-29-27)26(37)33-38/h3-4,10-13,15,38H,5-9,14H2,1-2H3,(H,31,36)(H,33,37). The van der Waals surface area contributed by atoms with Crippen LogP contribution in [0.25, 0.3) is 21.6 Å². The van der Waals surface area contributed by atoms with Crippen LogP contribution in [0.4, 0.5) is 17.5 Å². The Balaban J connectivity index is 1.34. The van der Waals surface area contributed by atoms with Crippen molar-refractivity contribution in [3.05, 3.63) is 52.7 Å². The number of benzene rings is 1. The van der Waals surface area contributed by atoms with Crippen LogP contribution < -0.4 is 20.6 Å². The van der Waals surface area contributed by atoms with Crippen molar-refractivity contribution >= 4 is 50.8 Å². The van der Waals surface area contributed by atoms with Gasteiger partial charge in [0.05, 0.1) is 35.5 Å². The molecule has 2 aliphatic rings. The van der Waals surface area contributed by atoms with Crippen molar-refractivity contribution in [2.75, 3.05) is 48.5 Å². The van der Waals surface area contributed by atoms with E-state index >= 15 is 0 Å². The molecule has 0 aliphatic carbocycles. The smallest absolute Gasteiger partial charge is 0.277 e. The van der Waals surface area contributed by atoms with Crippen LogP contribution in [0.15, 0.2) is 36.7 Å². The first-order valence-corrected chi connectivity index (χ1v) is 13.8. The van der Waals surface area contributed by atoms with Crippen LogP contribution in [0.2, 0.25) is 0 Å². The van der Waals surface area contributed by atoms with Gasteiger partial charge >= 0.3 is 0 Å². The number of amides is 2. The SMILES string of the molecule is CC1Cc2cc(-c3nc(N4CCOCC4)c4sc(CN(C)c5ncc(C(=O)NO)cn5)cc4n3)ccc2NC1=O. The second kappa shape index (κ2) is 10.8. The van der Waals surface area contributed by atoms with Crippen molar-refractivity contribution in [2.45, 2.75) is 19.9 Å². The maximum atomic E-state index is 12.1. The maximum Gasteiger partial charge on any atom is 0.277 e. The van der Waals surface area contributed by atoms with E-state index in [2.05, 4.69) is 32.3 Å². The Hall–Kier alpha value is -4.20. The Bertz CT molecular complexity index is 1590. The molecule has 12 nitrogen and oxygen atoms in total. The monoisotopic (exact) mass is 560 g/mol. The number of morpholine rings is 1. The van der Waals surface area contributed by atoms with Gasteiger partial charge < -0.3 is 19.9 Å². The second-order valence-electron chi connectivity index (χ2n) is 9.93. The molecule has 2 aliphatic heterocycles. The van der Waals surface area contributed by atoms with E-state index in [4.69, 9.17) is 19.9 Å². The third kappa shape index (κ3) is 5.06. The van der Waals surface area contributed by atoms with Gasteiger partial charge in [0.1, 0.15) is 0 Å². The lowest BCUT2D eigenvalue weighted by Gasteiger charge is -2.28. The summed E-state index contributed by atoms with van der Waals surface area (Å²) in [5.74, 6) is 1.26. The van der Waals surface area contributed by atoms with Gasteiger partial charge in [-0.3, -0.25) is 14.8 Å². The molecular formula is C27H28N8O4S. The van der Waals surface area contributed by atoms with E-state index in [0.29, 0.717) is 38.0 Å². The largest absolute Gasteiger partial charge is 0.378 e. The molecule has 0 saturated carbocycles. The van der Waals surface area contributed by atoms with Crippen LogP contribution >= 0.6 is 11.3 Å². The Morgan fingerprint density at radius 3 is 2.75 bits per heavy atom. The summed E-state index contributed by atoms with van der Waals surface area (Å²) < 4.78 is 6.59. The molecule has 6 rings (SSSR count). The number of anilines is 3. The average molecular weight is 561 g/mol. The second-order valence-corrected chi connectivity index (χ2v) is 11.1. The van der Waals surface area contributed by atoms with E-state index < -0.39 is 5.91 Å². The van der Waals surface area contributed by atoms with E-state index in [1.54, 1.807) is 16.8 Å². The molecule has 4 aromatic rings. The van der Waals surface area contributed by atoms with Crippen LogP contribution in [0.5, 0.6) is 0 Å². The van der Waals surface area contributed by atoms with Crippen molar-refractivity contribution < 1.29 is 19.5 Å². The molecule has 3 aromatic heterocycles. The summed E-state index contributed by atoms with van der Waals surface area (Å²) in [5, 5.41) is 11.8. The van der Waals surface area contributed by atoms with Crippen LogP contribution in [0.1, 0.15) is 27.7 Å². The number of carbonyl (C=O) groups excluding carboxylic acids is 2. The van der Waals surface area contributed by atoms with Gasteiger partial charge in [0.25, 0.3) is 5.91 Å². The third-order valence-electron chi connectivity index (χ3n) is 7.05. The molecule has 1 aromatic carbocycles. The van der Waals surface area contributed by atoms with Crippen LogP contribution in [0, 0.1) is 5.92 Å². The van der Waals surface area contributed by atoms with E-state index in [9.17, 15) is 9.59 Å². The summed E-state index contributed by atoms with van der Waals surface area (Å²) in [6.07, 6.45) is 3.42. The number of rotatable bonds is 6. The van der Waals surface area contributed by atoms with E-state index in [1.807, 2.05) is 31.0 Å². The zero-order chi connectivity index (χ0) is 27.8. The van der Waals surface area contributed by atoms with Crippen LogP contribution in [-0.4, -0.2) is 70.3 Å². The minimum absolute atomic E-state index is 0.0419. The summed E-state index contributed by atoms with van der Waals surface area (Å²) in [7, 11) is 1.87. The maximum absolute atomic E-state index is 12.1. The summed E-state index contributed by atoms with van der Waals surface area (Å²) in [4.78, 5) is 47.4. The Morgan fingerprint density at radius 1 is 1.23 bits per heavy atom. The highest BCUT2D eigenvalue weighted by Gasteiger charge is 2.24. The van der Waals surface area contributed by atoms with Gasteiger partial charge in [0.2, 0.25) is 11.9 Å². The molecule has 40 heavy (non-hydrogen) atoms. The van der Waals surface area contributed by atoms with Crippen molar-refractivity contribution in [3.8, 4) is 11.4 Å². The molecule has 0 bridgehead atoms. The highest BCUT2D eigenvalue weighted by Crippen LogP contribution is 2.36. The lowest BCUT2D eigenvalue weighted by atomic mass is 9.93. The fraction of sp³-hybridized carbons (Fsp3) is 0.333. The number of nitrogens with zero attached hydrogens (tertiary/aromatic N) is 6. The quantitative estimate of drug-likeness (QED) is 0.238. The molecule has 0 radical (unpaired) electrons. The number of thiophene rings is 1. The molecule has 2 amide bonds. The van der Waals surface area contributed by atoms with Gasteiger partial charge in [0.15, 0.2) is 11.6 Å². The Labute approximate surface area is 234 Å². The zero-order valence-corrected chi connectivity index (χ0v) is 22.9. The number of carbonyl (C=O) groups is 2. The van der Waals surface area contributed by atoms with Crippen LogP contribution in [-0.2, 0) is 22.5 Å². The van der Waals surface area contributed by atoms with Gasteiger partial charge in [-0.05, 0) is 36.2 Å². The molecule has 3 N–H and O–H groups in total. The molecule has 1 unspecified atom stereocenters. The van der Waals surface area contributed by atoms with Crippen molar-refractivity contribution in [2.24, 2.45) is 5.92 Å². The fourth-order valence-corrected chi connectivity index (χ4v) is 6.03. The number of nitrogens with one attached hydrogen (secondary N) is 2. The lowest BCUT2D eigenvalue weighted by molar-refractivity contribution is -0.119. The van der Waals surface area contributed by atoms with Crippen molar-refractivity contribution in [1.29, 1.82) is 0 Å². The van der Waals surface area contributed by atoms with Gasteiger partial charge in [0, 0.05) is 54.6 Å². The molecule has 0 spiro atoms. The van der Waals surface area contributed by atoms with Gasteiger partial charge in [-0.25, -0.2) is 25.4 Å². The fourth-order valence-electron chi connectivity index (χ4n) is 4.87. The van der Waals surface area contributed by atoms with Crippen molar-refractivity contribution in [1.82, 2.24) is 25.4 Å². The molecule has 1 atom stereocenters. The number of aromatic nitrogens is 4. The van der Waals surface area contributed by atoms with E-state index in [-0.39, 0.29) is 17.4 Å². The predicted molar refractivity (Wildman–Crippen MR) is 151 cm³/mol. The number of hydroxylamine groups is 1. The number of hydrogen-bond donors (Lipinski definition) is 3. The summed E-state index contributed by atoms with van der Waals surface area (Å²) >= 11 is 1.63. The molecule has 13 heteroatoms. The summed E-state index contributed by atoms with van der Waals surface area (Å²) in [6.45, 7) is 5.22. The number of hydrogen-bond acceptors (Lipinski definition) is 11. The highest BCUT2D eigenvalue weighted by molar-refractivity contribution is 7.19. The van der Waals surface area contributed by atoms with Gasteiger partial charge in [-0.2, -0.15) is 0 Å². The van der Waals surface area contributed by atoms with E-state index in [0.717, 1.165) is 50.8 Å². The average Bonchev–Trinajstić information content (AvgIpc) is 3.39. The third-order valence-corrected chi connectivity index (χ3v) is 8.15. The highest BCUT2D eigenvalue weighted by atomic mass is 32.1. The lowest BCUT2D eigenvalue weighted by Crippen LogP contribution is -2.36. The number of ether oxygens (including phenoxy) is 1. The topological polar surface area (TPSA) is 146 Å². The molecule has 5 heterocycles. The molecule has 206 valence electrons. The van der Waals surface area contributed by atoms with Crippen molar-refractivity contribution in [3.63, 3.8) is 0 Å². The number of fused-ring (bicyclic) bond motifs is 2. The summed E-state index contributed by atoms with van der Waals surface area (Å²) in [5.41, 5.74) is 5.43. The normalized spacial score (nSPS) is 16.9. The predicted octanol–water partition coefficient (Wildman–Crippen LogP) is 2.87. The first-order chi connectivity index (χ1) is 19.4.